The Labute approximate surface area is 244 Å². The largest absolute Gasteiger partial charge is 0.458 e. The maximum absolute atomic E-state index is 13.5. The minimum atomic E-state index is -7.29. The van der Waals surface area contributed by atoms with Crippen LogP contribution in [0.1, 0.15) is 0 Å². The van der Waals surface area contributed by atoms with Gasteiger partial charge < -0.3 is 9.84 Å². The summed E-state index contributed by atoms with van der Waals surface area (Å²) in [6.07, 6.45) is -42.4. The number of aliphatic hydroxyl groups excluding tert-OH is 1. The number of hydrogen-bond acceptors (Lipinski definition) is 5. The van der Waals surface area contributed by atoms with Crippen LogP contribution in [0, 0.1) is 0 Å². The quantitative estimate of drug-likeness (QED) is 0.159. The van der Waals surface area contributed by atoms with E-state index in [1.54, 1.807) is 6.58 Å². The number of alkyl halides is 21. The summed E-state index contributed by atoms with van der Waals surface area (Å²) < 4.78 is 292. The maximum atomic E-state index is 13.5. The number of halogens is 23. The van der Waals surface area contributed by atoms with E-state index in [2.05, 4.69) is 16.1 Å². The molecule has 0 amide bonds. The molecule has 0 aromatic heterocycles. The maximum Gasteiger partial charge on any atom is 0.458 e. The summed E-state index contributed by atoms with van der Waals surface area (Å²) in [6.45, 7) is 1.21. The third-order valence-corrected chi connectivity index (χ3v) is 3.83. The lowest BCUT2D eigenvalue weighted by Crippen LogP contribution is -2.64. The molecule has 0 heterocycles. The third-order valence-electron chi connectivity index (χ3n) is 3.83. The molecule has 0 fully saturated rings. The van der Waals surface area contributed by atoms with Crippen molar-refractivity contribution in [2.45, 2.75) is 60.6 Å². The summed E-state index contributed by atoms with van der Waals surface area (Å²) in [6, 6.07) is 0. The molecule has 0 radical (unpaired) electrons. The molecule has 47 heavy (non-hydrogen) atoms. The summed E-state index contributed by atoms with van der Waals surface area (Å²) in [7, 11) is 0.631. The van der Waals surface area contributed by atoms with Crippen molar-refractivity contribution >= 4 is 0 Å². The van der Waals surface area contributed by atoms with Crippen LogP contribution in [0.4, 0.5) is 101 Å². The second-order valence-corrected chi connectivity index (χ2v) is 7.55. The molecule has 3 atom stereocenters. The minimum absolute atomic E-state index is 0.0625. The molecule has 0 aliphatic heterocycles. The van der Waals surface area contributed by atoms with Gasteiger partial charge in [-0.15, -0.1) is 0 Å². The van der Waals surface area contributed by atoms with E-state index in [1.165, 1.54) is 0 Å². The molecule has 28 heteroatoms. The fourth-order valence-electron chi connectivity index (χ4n) is 1.58. The zero-order chi connectivity index (χ0) is 39.1. The van der Waals surface area contributed by atoms with Crippen LogP contribution in [-0.2, 0) is 18.9 Å². The summed E-state index contributed by atoms with van der Waals surface area (Å²) in [5, 5.41) is 8.05. The highest BCUT2D eigenvalue weighted by Gasteiger charge is 2.80. The number of ether oxygens (including phenoxy) is 4. The Kier molecular flexibility index (Phi) is 16.4. The van der Waals surface area contributed by atoms with E-state index in [9.17, 15) is 101 Å². The molecule has 0 saturated heterocycles. The molecule has 1 N–H and O–H groups in total. The molecule has 0 aromatic rings. The van der Waals surface area contributed by atoms with Gasteiger partial charge in [0.2, 0.25) is 0 Å². The number of rotatable bonds is 12. The van der Waals surface area contributed by atoms with E-state index in [0.29, 0.717) is 7.11 Å². The first-order valence-corrected chi connectivity index (χ1v) is 10.2. The number of hydrogen-bond donors (Lipinski definition) is 1. The van der Waals surface area contributed by atoms with Crippen LogP contribution in [0.25, 0.3) is 0 Å². The molecule has 0 aliphatic carbocycles. The predicted molar refractivity (Wildman–Crippen MR) is 103 cm³/mol. The van der Waals surface area contributed by atoms with Crippen molar-refractivity contribution < 1.29 is 125 Å². The Morgan fingerprint density at radius 3 is 1.11 bits per heavy atom. The number of aliphatic hydroxyl groups is 1. The lowest BCUT2D eigenvalue weighted by molar-refractivity contribution is -0.528. The van der Waals surface area contributed by atoms with Gasteiger partial charge >= 0.3 is 60.6 Å². The van der Waals surface area contributed by atoms with E-state index in [0.717, 1.165) is 0 Å². The molecule has 0 saturated carbocycles. The predicted octanol–water partition coefficient (Wildman–Crippen LogP) is 8.83. The standard InChI is InChI=1S/C9H5F13O3.C7H7F7O2.C3H3F3/c1-3(10)5(12,13)25-6(14,8(18,19)20)9(21,22)24-4(11,2-23)7(15,16)17;1-4(8)6(10,11)16-5(9,3-15-2)7(12,13)14;1-2-3(4,5)6/h23H,1-2H2;1,3H2,2H3;2H,1H2. The Morgan fingerprint density at radius 1 is 0.574 bits per heavy atom. The number of allylic oxidation sites excluding steroid dienone is 1. The van der Waals surface area contributed by atoms with Gasteiger partial charge in [-0.25, -0.2) is 8.78 Å². The smallest absolute Gasteiger partial charge is 0.390 e. The van der Waals surface area contributed by atoms with Crippen molar-refractivity contribution in [3.8, 4) is 0 Å². The lowest BCUT2D eigenvalue weighted by Gasteiger charge is -2.38. The van der Waals surface area contributed by atoms with Crippen molar-refractivity contribution in [2.24, 2.45) is 0 Å². The Hall–Kier alpha value is -2.59. The fourth-order valence-corrected chi connectivity index (χ4v) is 1.58. The van der Waals surface area contributed by atoms with Gasteiger partial charge in [0.1, 0.15) is 13.2 Å². The summed E-state index contributed by atoms with van der Waals surface area (Å²) in [4.78, 5) is 0. The van der Waals surface area contributed by atoms with Crippen molar-refractivity contribution in [2.75, 3.05) is 20.3 Å². The highest BCUT2D eigenvalue weighted by Crippen LogP contribution is 2.53. The third kappa shape index (κ3) is 13.8. The first-order valence-electron chi connectivity index (χ1n) is 10.2. The van der Waals surface area contributed by atoms with Crippen LogP contribution >= 0.6 is 0 Å². The molecule has 0 spiro atoms. The zero-order valence-electron chi connectivity index (χ0n) is 21.9. The first-order chi connectivity index (χ1) is 20.2. The van der Waals surface area contributed by atoms with Crippen LogP contribution in [0.15, 0.2) is 37.5 Å². The molecular weight excluding hydrogens is 745 g/mol. The average Bonchev–Trinajstić information content (AvgIpc) is 2.81. The molecule has 5 nitrogen and oxygen atoms in total. The van der Waals surface area contributed by atoms with Gasteiger partial charge in [0, 0.05) is 13.2 Å². The molecular formula is C19H15F23O5. The second kappa shape index (κ2) is 15.7. The van der Waals surface area contributed by atoms with E-state index >= 15 is 0 Å². The van der Waals surface area contributed by atoms with Crippen molar-refractivity contribution in [3.05, 3.63) is 37.5 Å². The monoisotopic (exact) mass is 760 g/mol. The van der Waals surface area contributed by atoms with E-state index in [-0.39, 0.29) is 6.08 Å². The summed E-state index contributed by atoms with van der Waals surface area (Å²) >= 11 is 0. The zero-order valence-corrected chi connectivity index (χ0v) is 21.9. The topological polar surface area (TPSA) is 57.2 Å². The van der Waals surface area contributed by atoms with Gasteiger partial charge in [-0.2, -0.15) is 92.2 Å². The van der Waals surface area contributed by atoms with Crippen LogP contribution < -0.4 is 0 Å². The van der Waals surface area contributed by atoms with E-state index in [4.69, 9.17) is 5.11 Å². The highest BCUT2D eigenvalue weighted by molar-refractivity contribution is 4.97. The van der Waals surface area contributed by atoms with Crippen LogP contribution in [0.2, 0.25) is 0 Å². The van der Waals surface area contributed by atoms with Crippen molar-refractivity contribution in [3.63, 3.8) is 0 Å². The van der Waals surface area contributed by atoms with E-state index < -0.39 is 85.5 Å². The van der Waals surface area contributed by atoms with Gasteiger partial charge in [0.15, 0.2) is 11.7 Å². The lowest BCUT2D eigenvalue weighted by atomic mass is 10.2. The van der Waals surface area contributed by atoms with Crippen LogP contribution in [0.3, 0.4) is 0 Å². The van der Waals surface area contributed by atoms with Crippen LogP contribution in [0.5, 0.6) is 0 Å². The van der Waals surface area contributed by atoms with E-state index in [1.807, 2.05) is 16.1 Å². The second-order valence-electron chi connectivity index (χ2n) is 7.55. The molecule has 0 rings (SSSR count). The molecule has 0 aromatic carbocycles. The normalized spacial score (nSPS) is 17.5. The Bertz CT molecular complexity index is 1030. The minimum Gasteiger partial charge on any atom is -0.390 e. The van der Waals surface area contributed by atoms with Gasteiger partial charge in [-0.05, 0) is 0 Å². The van der Waals surface area contributed by atoms with Gasteiger partial charge in [-0.1, -0.05) is 19.7 Å². The molecule has 0 aliphatic rings. The fraction of sp³-hybridized carbons (Fsp3) is 0.684. The number of methoxy groups -OCH3 is 1. The molecule has 3 unspecified atom stereocenters. The van der Waals surface area contributed by atoms with Crippen molar-refractivity contribution in [1.29, 1.82) is 0 Å². The summed E-state index contributed by atoms with van der Waals surface area (Å²) in [5.74, 6) is -23.8. The molecule has 282 valence electrons. The Balaban J connectivity index is -0.000000747. The van der Waals surface area contributed by atoms with Gasteiger partial charge in [-0.3, -0.25) is 14.2 Å². The molecule has 0 bridgehead atoms. The summed E-state index contributed by atoms with van der Waals surface area (Å²) in [5.41, 5.74) is 0. The van der Waals surface area contributed by atoms with Gasteiger partial charge in [0.25, 0.3) is 0 Å². The van der Waals surface area contributed by atoms with Crippen LogP contribution in [-0.4, -0.2) is 86.0 Å². The first kappa shape index (κ1) is 48.8. The average molecular weight is 760 g/mol. The SMILES string of the molecule is C=C(F)C(F)(F)OC(F)(C(F)(F)F)C(F)(F)OC(F)(CO)C(F)(F)F.C=C(F)C(F)(F)OC(F)(COC)C(F)(F)F.C=CC(F)(F)F. The highest BCUT2D eigenvalue weighted by atomic mass is 19.4. The Morgan fingerprint density at radius 2 is 0.894 bits per heavy atom. The van der Waals surface area contributed by atoms with Gasteiger partial charge in [0.05, 0.1) is 0 Å². The van der Waals surface area contributed by atoms with Crippen molar-refractivity contribution in [1.82, 2.24) is 0 Å².